The van der Waals surface area contributed by atoms with Gasteiger partial charge in [-0.05, 0) is 43.0 Å². The number of hydrogen-bond donors (Lipinski definition) is 1. The van der Waals surface area contributed by atoms with E-state index in [-0.39, 0.29) is 12.3 Å². The van der Waals surface area contributed by atoms with Crippen molar-refractivity contribution in [3.63, 3.8) is 0 Å². The van der Waals surface area contributed by atoms with Gasteiger partial charge >= 0.3 is 0 Å². The Morgan fingerprint density at radius 3 is 2.46 bits per heavy atom. The van der Waals surface area contributed by atoms with Gasteiger partial charge in [0, 0.05) is 25.2 Å². The highest BCUT2D eigenvalue weighted by molar-refractivity contribution is 5.80. The van der Waals surface area contributed by atoms with Gasteiger partial charge in [-0.25, -0.2) is 0 Å². The average molecular weight is 383 g/mol. The first-order valence-electron chi connectivity index (χ1n) is 9.92. The second kappa shape index (κ2) is 10.1. The Labute approximate surface area is 167 Å². The molecule has 1 aliphatic heterocycles. The summed E-state index contributed by atoms with van der Waals surface area (Å²) in [6.07, 6.45) is 2.47. The molecule has 0 saturated carbocycles. The van der Waals surface area contributed by atoms with E-state index in [2.05, 4.69) is 40.5 Å². The summed E-state index contributed by atoms with van der Waals surface area (Å²) < 4.78 is 10.8. The van der Waals surface area contributed by atoms with E-state index in [9.17, 15) is 4.79 Å². The Balaban J connectivity index is 1.43. The zero-order valence-corrected chi connectivity index (χ0v) is 16.8. The van der Waals surface area contributed by atoms with E-state index in [4.69, 9.17) is 9.47 Å². The Kier molecular flexibility index (Phi) is 7.31. The van der Waals surface area contributed by atoms with E-state index in [1.807, 2.05) is 18.2 Å². The molecule has 150 valence electrons. The normalized spacial score (nSPS) is 16.7. The van der Waals surface area contributed by atoms with Crippen LogP contribution in [0.25, 0.3) is 0 Å². The molecule has 2 aromatic carbocycles. The average Bonchev–Trinajstić information content (AvgIpc) is 3.19. The molecule has 3 rings (SSSR count). The summed E-state index contributed by atoms with van der Waals surface area (Å²) in [7, 11) is 3.22. The molecule has 2 aromatic rings. The molecule has 1 aliphatic rings. The number of rotatable bonds is 9. The fourth-order valence-electron chi connectivity index (χ4n) is 3.80. The first kappa shape index (κ1) is 20.2. The molecule has 0 aromatic heterocycles. The number of ether oxygens (including phenoxy) is 2. The molecule has 0 bridgehead atoms. The monoisotopic (exact) mass is 382 g/mol. The van der Waals surface area contributed by atoms with Crippen molar-refractivity contribution in [1.29, 1.82) is 0 Å². The standard InChI is InChI=1S/C23H30N2O3/c1-27-21-9-6-10-22(28-2)20(21)15-23(26)24-16-19-12-14-25(17-19)13-11-18-7-4-3-5-8-18/h3-10,19H,11-17H2,1-2H3,(H,24,26). The largest absolute Gasteiger partial charge is 0.496 e. The van der Waals surface area contributed by atoms with Crippen molar-refractivity contribution in [3.8, 4) is 11.5 Å². The maximum Gasteiger partial charge on any atom is 0.224 e. The zero-order valence-electron chi connectivity index (χ0n) is 16.8. The summed E-state index contributed by atoms with van der Waals surface area (Å²) in [5.41, 5.74) is 2.17. The number of methoxy groups -OCH3 is 2. The molecule has 1 amide bonds. The van der Waals surface area contributed by atoms with Gasteiger partial charge in [-0.2, -0.15) is 0 Å². The van der Waals surface area contributed by atoms with E-state index in [0.29, 0.717) is 17.4 Å². The van der Waals surface area contributed by atoms with Crippen molar-refractivity contribution in [3.05, 3.63) is 59.7 Å². The highest BCUT2D eigenvalue weighted by Crippen LogP contribution is 2.28. The van der Waals surface area contributed by atoms with Crippen molar-refractivity contribution in [2.24, 2.45) is 5.92 Å². The summed E-state index contributed by atoms with van der Waals surface area (Å²) in [6.45, 7) is 3.95. The number of amides is 1. The van der Waals surface area contributed by atoms with Crippen molar-refractivity contribution >= 4 is 5.91 Å². The van der Waals surface area contributed by atoms with Gasteiger partial charge in [0.05, 0.1) is 20.6 Å². The third kappa shape index (κ3) is 5.49. The van der Waals surface area contributed by atoms with Gasteiger partial charge < -0.3 is 19.7 Å². The van der Waals surface area contributed by atoms with E-state index < -0.39 is 0 Å². The lowest BCUT2D eigenvalue weighted by atomic mass is 10.1. The van der Waals surface area contributed by atoms with Crippen LogP contribution in [0.2, 0.25) is 0 Å². The van der Waals surface area contributed by atoms with Crippen LogP contribution >= 0.6 is 0 Å². The SMILES string of the molecule is COc1cccc(OC)c1CC(=O)NCC1CCN(CCc2ccccc2)C1. The molecule has 1 heterocycles. The molecule has 1 fully saturated rings. The Morgan fingerprint density at radius 1 is 1.07 bits per heavy atom. The summed E-state index contributed by atoms with van der Waals surface area (Å²) in [5, 5.41) is 3.09. The number of nitrogens with zero attached hydrogens (tertiary/aromatic N) is 1. The Bertz CT molecular complexity index is 741. The summed E-state index contributed by atoms with van der Waals surface area (Å²) in [6, 6.07) is 16.2. The molecule has 28 heavy (non-hydrogen) atoms. The number of carbonyl (C=O) groups is 1. The molecule has 1 atom stereocenters. The topological polar surface area (TPSA) is 50.8 Å². The van der Waals surface area contributed by atoms with Crippen LogP contribution in [-0.2, 0) is 17.6 Å². The summed E-state index contributed by atoms with van der Waals surface area (Å²) >= 11 is 0. The van der Waals surface area contributed by atoms with E-state index in [1.54, 1.807) is 14.2 Å². The van der Waals surface area contributed by atoms with Crippen molar-refractivity contribution in [1.82, 2.24) is 10.2 Å². The van der Waals surface area contributed by atoms with Gasteiger partial charge in [-0.15, -0.1) is 0 Å². The molecule has 5 heteroatoms. The lowest BCUT2D eigenvalue weighted by Gasteiger charge is -2.17. The number of nitrogens with one attached hydrogen (secondary N) is 1. The van der Waals surface area contributed by atoms with Gasteiger partial charge in [0.2, 0.25) is 5.91 Å². The highest BCUT2D eigenvalue weighted by Gasteiger charge is 2.23. The highest BCUT2D eigenvalue weighted by atomic mass is 16.5. The molecule has 0 radical (unpaired) electrons. The van der Waals surface area contributed by atoms with Crippen LogP contribution in [-0.4, -0.2) is 51.2 Å². The van der Waals surface area contributed by atoms with Crippen molar-refractivity contribution in [2.45, 2.75) is 19.3 Å². The van der Waals surface area contributed by atoms with Crippen LogP contribution < -0.4 is 14.8 Å². The van der Waals surface area contributed by atoms with E-state index in [1.165, 1.54) is 5.56 Å². The predicted molar refractivity (Wildman–Crippen MR) is 111 cm³/mol. The first-order valence-corrected chi connectivity index (χ1v) is 9.92. The molecule has 1 saturated heterocycles. The quantitative estimate of drug-likeness (QED) is 0.725. The minimum absolute atomic E-state index is 0.00513. The van der Waals surface area contributed by atoms with Gasteiger partial charge in [0.1, 0.15) is 11.5 Å². The number of hydrogen-bond acceptors (Lipinski definition) is 4. The molecule has 1 N–H and O–H groups in total. The second-order valence-corrected chi connectivity index (χ2v) is 7.31. The second-order valence-electron chi connectivity index (χ2n) is 7.31. The lowest BCUT2D eigenvalue weighted by Crippen LogP contribution is -2.32. The fourth-order valence-corrected chi connectivity index (χ4v) is 3.80. The van der Waals surface area contributed by atoms with Gasteiger partial charge in [0.15, 0.2) is 0 Å². The van der Waals surface area contributed by atoms with E-state index in [0.717, 1.165) is 44.6 Å². The predicted octanol–water partition coefficient (Wildman–Crippen LogP) is 2.93. The van der Waals surface area contributed by atoms with Crippen LogP contribution in [0, 0.1) is 5.92 Å². The number of carbonyl (C=O) groups excluding carboxylic acids is 1. The van der Waals surface area contributed by atoms with Crippen molar-refractivity contribution < 1.29 is 14.3 Å². The molecular weight excluding hydrogens is 352 g/mol. The lowest BCUT2D eigenvalue weighted by molar-refractivity contribution is -0.120. The fraction of sp³-hybridized carbons (Fsp3) is 0.435. The summed E-state index contributed by atoms with van der Waals surface area (Å²) in [4.78, 5) is 15.0. The van der Waals surface area contributed by atoms with Gasteiger partial charge in [-0.3, -0.25) is 4.79 Å². The molecular formula is C23H30N2O3. The molecule has 0 spiro atoms. The molecule has 1 unspecified atom stereocenters. The van der Waals surface area contributed by atoms with Crippen LogP contribution in [0.15, 0.2) is 48.5 Å². The Hall–Kier alpha value is -2.53. The summed E-state index contributed by atoms with van der Waals surface area (Å²) in [5.74, 6) is 1.88. The number of benzene rings is 2. The zero-order chi connectivity index (χ0) is 19.8. The maximum absolute atomic E-state index is 12.5. The smallest absolute Gasteiger partial charge is 0.224 e. The minimum atomic E-state index is 0.00513. The van der Waals surface area contributed by atoms with Crippen LogP contribution in [0.1, 0.15) is 17.5 Å². The molecule has 5 nitrogen and oxygen atoms in total. The van der Waals surface area contributed by atoms with Gasteiger partial charge in [-0.1, -0.05) is 36.4 Å². The van der Waals surface area contributed by atoms with Crippen LogP contribution in [0.5, 0.6) is 11.5 Å². The third-order valence-electron chi connectivity index (χ3n) is 5.38. The third-order valence-corrected chi connectivity index (χ3v) is 5.38. The molecule has 0 aliphatic carbocycles. The van der Waals surface area contributed by atoms with Gasteiger partial charge in [0.25, 0.3) is 0 Å². The van der Waals surface area contributed by atoms with Crippen LogP contribution in [0.4, 0.5) is 0 Å². The van der Waals surface area contributed by atoms with Crippen molar-refractivity contribution in [2.75, 3.05) is 40.4 Å². The Morgan fingerprint density at radius 2 is 1.79 bits per heavy atom. The van der Waals surface area contributed by atoms with E-state index >= 15 is 0 Å². The van der Waals surface area contributed by atoms with Crippen LogP contribution in [0.3, 0.4) is 0 Å². The minimum Gasteiger partial charge on any atom is -0.496 e. The number of likely N-dealkylation sites (tertiary alicyclic amines) is 1. The maximum atomic E-state index is 12.5. The first-order chi connectivity index (χ1) is 13.7.